The van der Waals surface area contributed by atoms with Crippen LogP contribution in [0.25, 0.3) is 10.1 Å². The van der Waals surface area contributed by atoms with E-state index in [4.69, 9.17) is 11.6 Å². The molecule has 1 aromatic carbocycles. The van der Waals surface area contributed by atoms with Gasteiger partial charge in [0.05, 0.1) is 20.6 Å². The molecule has 5 rings (SSSR count). The number of nitrogens with one attached hydrogen (secondary N) is 1. The molecular weight excluding hydrogens is 316 g/mol. The molecule has 1 aliphatic carbocycles. The molecule has 0 bridgehead atoms. The lowest BCUT2D eigenvalue weighted by molar-refractivity contribution is -0.113. The third-order valence-corrected chi connectivity index (χ3v) is 7.46. The molecule has 2 aliphatic heterocycles. The number of piperidine rings is 1. The van der Waals surface area contributed by atoms with Crippen LogP contribution >= 0.6 is 22.9 Å². The standard InChI is InChI=1S/C17H17ClN2OS/c1-9-2-3-10-8-12(22-14(10)13(9)18)16(21)19-15-11-4-7-20(11)17(15)5-6-17/h2-3,8,11,15H,4-7H2,1H3,(H,19,21). The van der Waals surface area contributed by atoms with Crippen LogP contribution in [-0.4, -0.2) is 35.0 Å². The lowest BCUT2D eigenvalue weighted by atomic mass is 9.75. The van der Waals surface area contributed by atoms with Gasteiger partial charge in [0.15, 0.2) is 0 Å². The molecule has 1 spiro atoms. The summed E-state index contributed by atoms with van der Waals surface area (Å²) >= 11 is 7.87. The van der Waals surface area contributed by atoms with Gasteiger partial charge >= 0.3 is 0 Å². The molecule has 5 heteroatoms. The molecule has 2 unspecified atom stereocenters. The number of benzene rings is 1. The first-order valence-corrected chi connectivity index (χ1v) is 9.06. The summed E-state index contributed by atoms with van der Waals surface area (Å²) < 4.78 is 1.02. The Bertz CT molecular complexity index is 810. The number of amides is 1. The second kappa shape index (κ2) is 4.25. The van der Waals surface area contributed by atoms with E-state index in [0.29, 0.717) is 17.6 Å². The molecule has 114 valence electrons. The Hall–Kier alpha value is -1.10. The SMILES string of the molecule is Cc1ccc2cc(C(=O)NC3C4CCN4C34CC4)sc2c1Cl. The second-order valence-electron chi connectivity index (χ2n) is 6.83. The molecule has 3 nitrogen and oxygen atoms in total. The summed E-state index contributed by atoms with van der Waals surface area (Å²) in [7, 11) is 0. The number of fused-ring (bicyclic) bond motifs is 3. The van der Waals surface area contributed by atoms with Crippen molar-refractivity contribution in [2.75, 3.05) is 6.54 Å². The lowest BCUT2D eigenvalue weighted by Gasteiger charge is -2.63. The van der Waals surface area contributed by atoms with E-state index in [2.05, 4.69) is 10.2 Å². The van der Waals surface area contributed by atoms with Crippen LogP contribution < -0.4 is 5.32 Å². The van der Waals surface area contributed by atoms with Crippen LogP contribution in [0.15, 0.2) is 18.2 Å². The smallest absolute Gasteiger partial charge is 0.261 e. The summed E-state index contributed by atoms with van der Waals surface area (Å²) in [5.41, 5.74) is 1.38. The molecule has 3 fully saturated rings. The van der Waals surface area contributed by atoms with Crippen molar-refractivity contribution in [2.45, 2.75) is 43.8 Å². The van der Waals surface area contributed by atoms with Crippen LogP contribution in [0, 0.1) is 6.92 Å². The molecule has 1 saturated carbocycles. The van der Waals surface area contributed by atoms with Gasteiger partial charge in [-0.05, 0) is 43.2 Å². The van der Waals surface area contributed by atoms with Crippen molar-refractivity contribution in [3.63, 3.8) is 0 Å². The van der Waals surface area contributed by atoms with Crippen molar-refractivity contribution in [3.8, 4) is 0 Å². The van der Waals surface area contributed by atoms with E-state index in [-0.39, 0.29) is 5.91 Å². The first-order valence-electron chi connectivity index (χ1n) is 7.86. The van der Waals surface area contributed by atoms with Crippen LogP contribution in [0.4, 0.5) is 0 Å². The predicted octanol–water partition coefficient (Wildman–Crippen LogP) is 3.58. The highest BCUT2D eigenvalue weighted by atomic mass is 35.5. The molecule has 1 N–H and O–H groups in total. The first-order chi connectivity index (χ1) is 10.6. The van der Waals surface area contributed by atoms with E-state index in [1.54, 1.807) is 0 Å². The monoisotopic (exact) mass is 332 g/mol. The van der Waals surface area contributed by atoms with Gasteiger partial charge in [-0.2, -0.15) is 0 Å². The fraction of sp³-hybridized carbons (Fsp3) is 0.471. The van der Waals surface area contributed by atoms with Crippen molar-refractivity contribution in [1.82, 2.24) is 10.2 Å². The Morgan fingerprint density at radius 1 is 1.45 bits per heavy atom. The number of hydrogen-bond acceptors (Lipinski definition) is 3. The van der Waals surface area contributed by atoms with Crippen LogP contribution in [-0.2, 0) is 0 Å². The van der Waals surface area contributed by atoms with Gasteiger partial charge in [-0.25, -0.2) is 0 Å². The third-order valence-electron chi connectivity index (χ3n) is 5.69. The van der Waals surface area contributed by atoms with Crippen LogP contribution in [0.1, 0.15) is 34.5 Å². The predicted molar refractivity (Wildman–Crippen MR) is 89.9 cm³/mol. The van der Waals surface area contributed by atoms with Crippen LogP contribution in [0.5, 0.6) is 0 Å². The number of aryl methyl sites for hydroxylation is 1. The lowest BCUT2D eigenvalue weighted by Crippen LogP contribution is -2.80. The van der Waals surface area contributed by atoms with Gasteiger partial charge in [0, 0.05) is 18.1 Å². The molecule has 1 amide bonds. The Labute approximate surface area is 138 Å². The summed E-state index contributed by atoms with van der Waals surface area (Å²) in [6, 6.07) is 6.97. The number of halogens is 1. The van der Waals surface area contributed by atoms with Crippen LogP contribution in [0.3, 0.4) is 0 Å². The van der Waals surface area contributed by atoms with Gasteiger partial charge in [-0.15, -0.1) is 11.3 Å². The first kappa shape index (κ1) is 13.3. The van der Waals surface area contributed by atoms with Crippen molar-refractivity contribution in [1.29, 1.82) is 0 Å². The van der Waals surface area contributed by atoms with Gasteiger partial charge in [0.1, 0.15) is 0 Å². The second-order valence-corrected chi connectivity index (χ2v) is 8.26. The molecule has 22 heavy (non-hydrogen) atoms. The Balaban J connectivity index is 1.43. The van der Waals surface area contributed by atoms with Gasteiger partial charge < -0.3 is 5.32 Å². The van der Waals surface area contributed by atoms with E-state index in [9.17, 15) is 4.79 Å². The quantitative estimate of drug-likeness (QED) is 0.911. The number of nitrogens with zero attached hydrogens (tertiary/aromatic N) is 1. The van der Waals surface area contributed by atoms with Crippen molar-refractivity contribution in [3.05, 3.63) is 33.7 Å². The van der Waals surface area contributed by atoms with Crippen LogP contribution in [0.2, 0.25) is 5.02 Å². The summed E-state index contributed by atoms with van der Waals surface area (Å²) in [6.07, 6.45) is 3.71. The molecule has 2 saturated heterocycles. The number of rotatable bonds is 2. The molecular formula is C17H17ClN2OS. The zero-order valence-electron chi connectivity index (χ0n) is 12.4. The Kier molecular flexibility index (Phi) is 2.58. The maximum Gasteiger partial charge on any atom is 0.261 e. The number of hydrogen-bond donors (Lipinski definition) is 1. The molecule has 2 aromatic rings. The summed E-state index contributed by atoms with van der Waals surface area (Å²) in [6.45, 7) is 3.21. The number of thiophene rings is 1. The fourth-order valence-corrected chi connectivity index (χ4v) is 5.55. The third kappa shape index (κ3) is 1.58. The molecule has 1 aromatic heterocycles. The average Bonchev–Trinajstić information content (AvgIpc) is 3.13. The van der Waals surface area contributed by atoms with Crippen molar-refractivity contribution >= 4 is 38.9 Å². The molecule has 3 heterocycles. The minimum absolute atomic E-state index is 0.0674. The normalized spacial score (nSPS) is 28.1. The summed E-state index contributed by atoms with van der Waals surface area (Å²) in [4.78, 5) is 16.0. The average molecular weight is 333 g/mol. The van der Waals surface area contributed by atoms with Crippen molar-refractivity contribution < 1.29 is 4.79 Å². The van der Waals surface area contributed by atoms with E-state index >= 15 is 0 Å². The minimum Gasteiger partial charge on any atom is -0.345 e. The van der Waals surface area contributed by atoms with Gasteiger partial charge in [-0.1, -0.05) is 23.7 Å². The van der Waals surface area contributed by atoms with E-state index < -0.39 is 0 Å². The van der Waals surface area contributed by atoms with E-state index in [0.717, 1.165) is 25.5 Å². The van der Waals surface area contributed by atoms with E-state index in [1.807, 2.05) is 25.1 Å². The zero-order valence-corrected chi connectivity index (χ0v) is 13.9. The van der Waals surface area contributed by atoms with E-state index in [1.165, 1.54) is 37.1 Å². The zero-order chi connectivity index (χ0) is 15.1. The number of carbonyl (C=O) groups is 1. The summed E-state index contributed by atoms with van der Waals surface area (Å²) in [5.74, 6) is 0.0674. The molecule has 2 atom stereocenters. The minimum atomic E-state index is 0.0674. The maximum absolute atomic E-state index is 12.6. The van der Waals surface area contributed by atoms with Gasteiger partial charge in [0.2, 0.25) is 0 Å². The number of carbonyl (C=O) groups excluding carboxylic acids is 1. The van der Waals surface area contributed by atoms with Gasteiger partial charge in [0.25, 0.3) is 5.91 Å². The Morgan fingerprint density at radius 2 is 2.27 bits per heavy atom. The maximum atomic E-state index is 12.6. The Morgan fingerprint density at radius 3 is 2.95 bits per heavy atom. The molecule has 0 radical (unpaired) electrons. The highest BCUT2D eigenvalue weighted by Crippen LogP contribution is 2.59. The topological polar surface area (TPSA) is 32.3 Å². The fourth-order valence-electron chi connectivity index (χ4n) is 4.21. The largest absolute Gasteiger partial charge is 0.345 e. The highest BCUT2D eigenvalue weighted by molar-refractivity contribution is 7.21. The van der Waals surface area contributed by atoms with Crippen molar-refractivity contribution in [2.24, 2.45) is 0 Å². The van der Waals surface area contributed by atoms with Gasteiger partial charge in [-0.3, -0.25) is 9.69 Å². The highest BCUT2D eigenvalue weighted by Gasteiger charge is 2.70. The summed E-state index contributed by atoms with van der Waals surface area (Å²) in [5, 5.41) is 5.13. The molecule has 3 aliphatic rings.